The van der Waals surface area contributed by atoms with Crippen LogP contribution in [0, 0.1) is 3.57 Å². The maximum Gasteiger partial charge on any atom is 0.226 e. The van der Waals surface area contributed by atoms with Crippen molar-refractivity contribution in [1.29, 1.82) is 0 Å². The van der Waals surface area contributed by atoms with E-state index in [0.29, 0.717) is 5.39 Å². The molecule has 0 aliphatic carbocycles. The highest BCUT2D eigenvalue weighted by molar-refractivity contribution is 14.1. The maximum atomic E-state index is 13.8. The molecule has 0 amide bonds. The van der Waals surface area contributed by atoms with E-state index in [1.165, 1.54) is 5.56 Å². The zero-order valence-corrected chi connectivity index (χ0v) is 23.7. The van der Waals surface area contributed by atoms with Gasteiger partial charge in [-0.05, 0) is 82.8 Å². The first-order valence-electron chi connectivity index (χ1n) is 12.6. The molecule has 0 atom stereocenters. The second kappa shape index (κ2) is 10.5. The van der Waals surface area contributed by atoms with Crippen LogP contribution in [0.3, 0.4) is 0 Å². The van der Waals surface area contributed by atoms with Gasteiger partial charge in [-0.15, -0.1) is 0 Å². The van der Waals surface area contributed by atoms with Crippen molar-refractivity contribution in [2.75, 3.05) is 31.1 Å². The molecular weight excluding hydrogens is 607 g/mol. The average Bonchev–Trinajstić information content (AvgIpc) is 3.35. The Labute approximate surface area is 236 Å². The summed E-state index contributed by atoms with van der Waals surface area (Å²) in [6, 6.07) is 33.1. The molecule has 1 aliphatic heterocycles. The van der Waals surface area contributed by atoms with Crippen LogP contribution in [0.25, 0.3) is 16.6 Å². The number of piperazine rings is 1. The lowest BCUT2D eigenvalue weighted by molar-refractivity contribution is 0.250. The highest BCUT2D eigenvalue weighted by Crippen LogP contribution is 2.33. The molecule has 1 saturated heterocycles. The lowest BCUT2D eigenvalue weighted by Crippen LogP contribution is -2.45. The van der Waals surface area contributed by atoms with E-state index in [1.807, 2.05) is 48.5 Å². The summed E-state index contributed by atoms with van der Waals surface area (Å²) >= 11 is 2.26. The fourth-order valence-corrected chi connectivity index (χ4v) is 6.71. The molecule has 1 aromatic heterocycles. The first kappa shape index (κ1) is 25.1. The summed E-state index contributed by atoms with van der Waals surface area (Å²) in [6.45, 7) is 4.60. The summed E-state index contributed by atoms with van der Waals surface area (Å²) in [5, 5.41) is 5.40. The van der Waals surface area contributed by atoms with E-state index in [2.05, 4.69) is 67.8 Å². The van der Waals surface area contributed by atoms with E-state index in [1.54, 1.807) is 28.9 Å². The minimum atomic E-state index is -3.81. The quantitative estimate of drug-likeness (QED) is 0.222. The largest absolute Gasteiger partial charge is 0.369 e. The third-order valence-electron chi connectivity index (χ3n) is 7.00. The molecule has 0 unspecified atom stereocenters. The minimum Gasteiger partial charge on any atom is -0.369 e. The number of nitrogens with zero attached hydrogens (tertiary/aromatic N) is 4. The molecule has 0 radical (unpaired) electrons. The molecule has 1 fully saturated rings. The van der Waals surface area contributed by atoms with Gasteiger partial charge in [-0.2, -0.15) is 5.10 Å². The Morgan fingerprint density at radius 3 is 2.05 bits per heavy atom. The van der Waals surface area contributed by atoms with Crippen LogP contribution < -0.4 is 4.90 Å². The van der Waals surface area contributed by atoms with Crippen molar-refractivity contribution in [2.45, 2.75) is 16.5 Å². The molecule has 38 heavy (non-hydrogen) atoms. The molecule has 1 aliphatic rings. The number of fused-ring (bicyclic) bond motifs is 1. The van der Waals surface area contributed by atoms with Crippen LogP contribution in [0.2, 0.25) is 0 Å². The Morgan fingerprint density at radius 1 is 0.737 bits per heavy atom. The van der Waals surface area contributed by atoms with Gasteiger partial charge in [0.2, 0.25) is 9.84 Å². The van der Waals surface area contributed by atoms with E-state index < -0.39 is 9.84 Å². The molecule has 0 N–H and O–H groups in total. The topological polar surface area (TPSA) is 58.4 Å². The van der Waals surface area contributed by atoms with E-state index in [0.717, 1.165) is 53.2 Å². The molecule has 192 valence electrons. The molecule has 0 saturated carbocycles. The molecule has 4 aromatic carbocycles. The van der Waals surface area contributed by atoms with Crippen LogP contribution in [0.1, 0.15) is 5.56 Å². The number of halogens is 1. The molecule has 0 spiro atoms. The number of aromatic nitrogens is 2. The Kier molecular flexibility index (Phi) is 6.94. The summed E-state index contributed by atoms with van der Waals surface area (Å²) in [4.78, 5) is 5.04. The zero-order chi connectivity index (χ0) is 26.1. The number of hydrogen-bond acceptors (Lipinski definition) is 5. The molecule has 0 bridgehead atoms. The zero-order valence-electron chi connectivity index (χ0n) is 20.7. The van der Waals surface area contributed by atoms with Crippen LogP contribution >= 0.6 is 22.6 Å². The molecule has 6 rings (SSSR count). The van der Waals surface area contributed by atoms with E-state index in [-0.39, 0.29) is 9.92 Å². The van der Waals surface area contributed by atoms with Crippen LogP contribution in [0.15, 0.2) is 113 Å². The smallest absolute Gasteiger partial charge is 0.226 e. The predicted molar refractivity (Wildman–Crippen MR) is 160 cm³/mol. The fourth-order valence-electron chi connectivity index (χ4n) is 4.97. The van der Waals surface area contributed by atoms with Gasteiger partial charge < -0.3 is 4.90 Å². The van der Waals surface area contributed by atoms with E-state index in [4.69, 9.17) is 0 Å². The second-order valence-electron chi connectivity index (χ2n) is 9.46. The number of sulfone groups is 1. The van der Waals surface area contributed by atoms with Gasteiger partial charge in [-0.1, -0.05) is 48.5 Å². The van der Waals surface area contributed by atoms with Crippen LogP contribution in [0.5, 0.6) is 0 Å². The molecule has 2 heterocycles. The fraction of sp³-hybridized carbons (Fsp3) is 0.167. The van der Waals surface area contributed by atoms with Crippen molar-refractivity contribution in [2.24, 2.45) is 0 Å². The minimum absolute atomic E-state index is 0.0850. The van der Waals surface area contributed by atoms with Crippen LogP contribution in [-0.2, 0) is 16.4 Å². The second-order valence-corrected chi connectivity index (χ2v) is 12.6. The Morgan fingerprint density at radius 2 is 1.37 bits per heavy atom. The third kappa shape index (κ3) is 4.95. The summed E-state index contributed by atoms with van der Waals surface area (Å²) in [5.41, 5.74) is 3.93. The van der Waals surface area contributed by atoms with Crippen LogP contribution in [-0.4, -0.2) is 49.3 Å². The van der Waals surface area contributed by atoms with Gasteiger partial charge in [0.05, 0.1) is 16.1 Å². The normalized spacial score (nSPS) is 14.7. The Balaban J connectivity index is 1.36. The van der Waals surface area contributed by atoms with Gasteiger partial charge >= 0.3 is 0 Å². The summed E-state index contributed by atoms with van der Waals surface area (Å²) in [6.07, 6.45) is 0. The third-order valence-corrected chi connectivity index (χ3v) is 9.42. The number of rotatable bonds is 6. The molecule has 8 heteroatoms. The highest BCUT2D eigenvalue weighted by Gasteiger charge is 2.27. The van der Waals surface area contributed by atoms with Crippen molar-refractivity contribution in [3.8, 4) is 5.69 Å². The van der Waals surface area contributed by atoms with E-state index in [9.17, 15) is 8.42 Å². The van der Waals surface area contributed by atoms with Crippen molar-refractivity contribution >= 4 is 49.0 Å². The van der Waals surface area contributed by atoms with Gasteiger partial charge in [-0.25, -0.2) is 13.1 Å². The maximum absolute atomic E-state index is 13.8. The van der Waals surface area contributed by atoms with Crippen LogP contribution in [0.4, 0.5) is 5.69 Å². The molecule has 6 nitrogen and oxygen atoms in total. The Hall–Kier alpha value is -3.21. The van der Waals surface area contributed by atoms with Gasteiger partial charge in [0.15, 0.2) is 5.03 Å². The van der Waals surface area contributed by atoms with E-state index >= 15 is 0 Å². The lowest BCUT2D eigenvalue weighted by atomic mass is 10.1. The SMILES string of the molecule is O=S(=O)(c1ccccc1)c1nn(-c2ccc(I)cc2)c2ccc(N3CCN(Cc4ccccc4)CC3)cc12. The highest BCUT2D eigenvalue weighted by atomic mass is 127. The van der Waals surface area contributed by atoms with Gasteiger partial charge in [0.25, 0.3) is 0 Å². The summed E-state index contributed by atoms with van der Waals surface area (Å²) < 4.78 is 30.4. The lowest BCUT2D eigenvalue weighted by Gasteiger charge is -2.36. The summed E-state index contributed by atoms with van der Waals surface area (Å²) in [5.74, 6) is 0. The number of benzene rings is 4. The van der Waals surface area contributed by atoms with Gasteiger partial charge in [0, 0.05) is 47.4 Å². The molecule has 5 aromatic rings. The predicted octanol–water partition coefficient (Wildman–Crippen LogP) is 5.79. The van der Waals surface area contributed by atoms with Gasteiger partial charge in [0.1, 0.15) is 0 Å². The van der Waals surface area contributed by atoms with Crippen molar-refractivity contribution in [3.63, 3.8) is 0 Å². The van der Waals surface area contributed by atoms with Crippen molar-refractivity contribution in [3.05, 3.63) is 112 Å². The standard InChI is InChI=1S/C30H27IN4O2S/c31-24-11-13-25(14-12-24)35-29-16-15-26(34-19-17-33(18-20-34)22-23-7-3-1-4-8-23)21-28(29)30(32-35)38(36,37)27-9-5-2-6-10-27/h1-16,21H,17-20,22H2. The number of anilines is 1. The number of hydrogen-bond donors (Lipinski definition) is 0. The van der Waals surface area contributed by atoms with Crippen molar-refractivity contribution < 1.29 is 8.42 Å². The summed E-state index contributed by atoms with van der Waals surface area (Å²) in [7, 11) is -3.81. The molecular formula is C30H27IN4O2S. The van der Waals surface area contributed by atoms with Gasteiger partial charge in [-0.3, -0.25) is 4.90 Å². The van der Waals surface area contributed by atoms with Crippen molar-refractivity contribution in [1.82, 2.24) is 14.7 Å². The average molecular weight is 635 g/mol. The first-order chi connectivity index (χ1) is 18.5. The monoisotopic (exact) mass is 634 g/mol. The first-order valence-corrected chi connectivity index (χ1v) is 15.2. The Bertz CT molecular complexity index is 1660.